The molecule has 5 heteroatoms. The minimum absolute atomic E-state index is 0.000347. The van der Waals surface area contributed by atoms with Crippen molar-refractivity contribution in [3.8, 4) is 28.4 Å². The third-order valence-electron chi connectivity index (χ3n) is 13.4. The number of fused-ring (bicyclic) bond motifs is 4. The standard InChI is InChI=1S/C60H66N4O/c1-38-19-17-20-39(2)55(38)49-35-47(36-53-56(49)48-23-15-16-24-50(48)64(53)54-33-41(27-28-61-54)58(6,7)8)65-46-22-18-21-44(34-46)62-37-63(52-32-40(57(3,4)5)25-26-51(52)62)45-30-42(59(9,10)11)29-43(31-45)60(12,13)14/h15-36H,37H2,1-14H3. The van der Waals surface area contributed by atoms with Crippen LogP contribution in [0.15, 0.2) is 134 Å². The van der Waals surface area contributed by atoms with Crippen molar-refractivity contribution in [1.29, 1.82) is 0 Å². The number of benzene rings is 6. The normalized spacial score (nSPS) is 13.6. The molecule has 0 radical (unpaired) electrons. The second-order valence-electron chi connectivity index (χ2n) is 22.5. The number of ether oxygens (including phenoxy) is 1. The topological polar surface area (TPSA) is 33.5 Å². The Morgan fingerprint density at radius 2 is 1.09 bits per heavy atom. The highest BCUT2D eigenvalue weighted by molar-refractivity contribution is 6.16. The molecule has 1 aliphatic rings. The second-order valence-corrected chi connectivity index (χ2v) is 22.5. The lowest BCUT2D eigenvalue weighted by Gasteiger charge is -2.29. The van der Waals surface area contributed by atoms with E-state index >= 15 is 0 Å². The van der Waals surface area contributed by atoms with Crippen molar-refractivity contribution in [3.05, 3.63) is 167 Å². The molecule has 0 amide bonds. The molecular weight excluding hydrogens is 793 g/mol. The van der Waals surface area contributed by atoms with E-state index in [1.807, 2.05) is 6.20 Å². The Kier molecular flexibility index (Phi) is 10.6. The highest BCUT2D eigenvalue weighted by Gasteiger charge is 2.32. The number of para-hydroxylation sites is 1. The SMILES string of the molecule is Cc1cccc(C)c1-c1cc(Oc2cccc(N3CN(c4cc(C(C)(C)C)cc(C(C)(C)C)c4)c4cc(C(C)(C)C)ccc43)c2)cc2c1c1ccccc1n2-c1cc(C(C)(C)C)ccn1. The van der Waals surface area contributed by atoms with Crippen molar-refractivity contribution in [1.82, 2.24) is 9.55 Å². The van der Waals surface area contributed by atoms with Crippen molar-refractivity contribution >= 4 is 44.6 Å². The molecule has 0 unspecified atom stereocenters. The number of pyridine rings is 1. The molecule has 9 rings (SSSR count). The largest absolute Gasteiger partial charge is 0.457 e. The van der Waals surface area contributed by atoms with Crippen molar-refractivity contribution in [2.45, 2.75) is 119 Å². The molecule has 0 spiro atoms. The fourth-order valence-corrected chi connectivity index (χ4v) is 9.47. The van der Waals surface area contributed by atoms with E-state index in [-0.39, 0.29) is 21.7 Å². The van der Waals surface area contributed by atoms with Gasteiger partial charge in [-0.05, 0) is 141 Å². The van der Waals surface area contributed by atoms with Crippen LogP contribution in [0.1, 0.15) is 116 Å². The molecule has 0 N–H and O–H groups in total. The van der Waals surface area contributed by atoms with Gasteiger partial charge in [-0.2, -0.15) is 0 Å². The number of anilines is 4. The maximum Gasteiger partial charge on any atom is 0.137 e. The van der Waals surface area contributed by atoms with Crippen LogP contribution in [0.25, 0.3) is 38.8 Å². The molecule has 8 aromatic rings. The van der Waals surface area contributed by atoms with Gasteiger partial charge in [0.05, 0.1) is 22.4 Å². The van der Waals surface area contributed by atoms with E-state index in [9.17, 15) is 0 Å². The van der Waals surface area contributed by atoms with Crippen LogP contribution in [0.4, 0.5) is 22.7 Å². The first kappa shape index (κ1) is 43.9. The van der Waals surface area contributed by atoms with Gasteiger partial charge in [-0.25, -0.2) is 4.98 Å². The summed E-state index contributed by atoms with van der Waals surface area (Å²) in [6, 6.07) is 47.0. The summed E-state index contributed by atoms with van der Waals surface area (Å²) in [5.74, 6) is 2.45. The lowest BCUT2D eigenvalue weighted by Crippen LogP contribution is -2.25. The molecule has 5 nitrogen and oxygen atoms in total. The first-order valence-electron chi connectivity index (χ1n) is 23.3. The molecule has 0 saturated carbocycles. The summed E-state index contributed by atoms with van der Waals surface area (Å²) in [5.41, 5.74) is 16.9. The third-order valence-corrected chi connectivity index (χ3v) is 13.4. The molecule has 0 aliphatic carbocycles. The summed E-state index contributed by atoms with van der Waals surface area (Å²) in [7, 11) is 0. The lowest BCUT2D eigenvalue weighted by molar-refractivity contribution is 0.483. The van der Waals surface area contributed by atoms with Crippen LogP contribution in [0.2, 0.25) is 0 Å². The van der Waals surface area contributed by atoms with Gasteiger partial charge < -0.3 is 14.5 Å². The van der Waals surface area contributed by atoms with Gasteiger partial charge in [-0.3, -0.25) is 4.57 Å². The van der Waals surface area contributed by atoms with E-state index in [2.05, 4.69) is 239 Å². The van der Waals surface area contributed by atoms with Crippen LogP contribution in [0.3, 0.4) is 0 Å². The minimum atomic E-state index is -0.0350. The molecule has 0 bridgehead atoms. The van der Waals surface area contributed by atoms with E-state index in [4.69, 9.17) is 9.72 Å². The maximum absolute atomic E-state index is 7.09. The van der Waals surface area contributed by atoms with Gasteiger partial charge >= 0.3 is 0 Å². The maximum atomic E-state index is 7.09. The summed E-state index contributed by atoms with van der Waals surface area (Å²) >= 11 is 0. The Labute approximate surface area is 387 Å². The van der Waals surface area contributed by atoms with Crippen LogP contribution in [0.5, 0.6) is 11.5 Å². The number of hydrogen-bond acceptors (Lipinski definition) is 4. The fraction of sp³-hybridized carbons (Fsp3) is 0.317. The summed E-state index contributed by atoms with van der Waals surface area (Å²) in [4.78, 5) is 9.96. The van der Waals surface area contributed by atoms with Crippen LogP contribution >= 0.6 is 0 Å². The van der Waals surface area contributed by atoms with E-state index < -0.39 is 0 Å². The summed E-state index contributed by atoms with van der Waals surface area (Å²) in [6.07, 6.45) is 1.95. The molecule has 332 valence electrons. The second kappa shape index (κ2) is 15.7. The van der Waals surface area contributed by atoms with Crippen molar-refractivity contribution in [2.24, 2.45) is 0 Å². The Balaban J connectivity index is 1.19. The quantitative estimate of drug-likeness (QED) is 0.167. The van der Waals surface area contributed by atoms with Crippen LogP contribution < -0.4 is 14.5 Å². The average molecular weight is 859 g/mol. The molecule has 0 saturated heterocycles. The number of aryl methyl sites for hydroxylation is 2. The minimum Gasteiger partial charge on any atom is -0.457 e. The van der Waals surface area contributed by atoms with Crippen LogP contribution in [0, 0.1) is 13.8 Å². The molecule has 6 aromatic carbocycles. The molecule has 0 fully saturated rings. The van der Waals surface area contributed by atoms with Gasteiger partial charge in [-0.1, -0.05) is 138 Å². The van der Waals surface area contributed by atoms with Crippen molar-refractivity contribution < 1.29 is 4.74 Å². The van der Waals surface area contributed by atoms with Crippen molar-refractivity contribution in [2.75, 3.05) is 16.5 Å². The third kappa shape index (κ3) is 8.20. The van der Waals surface area contributed by atoms with E-state index in [0.717, 1.165) is 39.6 Å². The van der Waals surface area contributed by atoms with Gasteiger partial charge in [-0.15, -0.1) is 0 Å². The van der Waals surface area contributed by atoms with Gasteiger partial charge in [0.2, 0.25) is 0 Å². The van der Waals surface area contributed by atoms with Gasteiger partial charge in [0.25, 0.3) is 0 Å². The zero-order valence-corrected chi connectivity index (χ0v) is 41.1. The van der Waals surface area contributed by atoms with Crippen LogP contribution in [-0.4, -0.2) is 16.2 Å². The summed E-state index contributed by atoms with van der Waals surface area (Å²) < 4.78 is 9.41. The monoisotopic (exact) mass is 859 g/mol. The van der Waals surface area contributed by atoms with Crippen LogP contribution in [-0.2, 0) is 21.7 Å². The highest BCUT2D eigenvalue weighted by Crippen LogP contribution is 2.49. The van der Waals surface area contributed by atoms with E-state index in [0.29, 0.717) is 6.67 Å². The van der Waals surface area contributed by atoms with Crippen molar-refractivity contribution in [3.63, 3.8) is 0 Å². The number of nitrogens with zero attached hydrogens (tertiary/aromatic N) is 4. The molecule has 3 heterocycles. The Hall–Kier alpha value is -6.33. The Bertz CT molecular complexity index is 3070. The van der Waals surface area contributed by atoms with E-state index in [1.54, 1.807) is 0 Å². The molecule has 2 aromatic heterocycles. The predicted octanol–water partition coefficient (Wildman–Crippen LogP) is 16.7. The van der Waals surface area contributed by atoms with Gasteiger partial charge in [0.15, 0.2) is 0 Å². The molecule has 0 atom stereocenters. The zero-order valence-electron chi connectivity index (χ0n) is 41.1. The zero-order chi connectivity index (χ0) is 46.4. The lowest BCUT2D eigenvalue weighted by atomic mass is 9.80. The fourth-order valence-electron chi connectivity index (χ4n) is 9.47. The first-order valence-corrected chi connectivity index (χ1v) is 23.3. The number of hydrogen-bond donors (Lipinski definition) is 0. The van der Waals surface area contributed by atoms with Gasteiger partial charge in [0, 0.05) is 40.5 Å². The Morgan fingerprint density at radius 3 is 1.75 bits per heavy atom. The molecular formula is C60H66N4O. The average Bonchev–Trinajstić information content (AvgIpc) is 3.78. The predicted molar refractivity (Wildman–Crippen MR) is 277 cm³/mol. The number of aromatic nitrogens is 2. The van der Waals surface area contributed by atoms with Gasteiger partial charge in [0.1, 0.15) is 24.0 Å². The summed E-state index contributed by atoms with van der Waals surface area (Å²) in [5, 5.41) is 2.38. The smallest absolute Gasteiger partial charge is 0.137 e. The highest BCUT2D eigenvalue weighted by atomic mass is 16.5. The first-order chi connectivity index (χ1) is 30.6. The molecule has 65 heavy (non-hydrogen) atoms. The Morgan fingerprint density at radius 1 is 0.477 bits per heavy atom. The summed E-state index contributed by atoms with van der Waals surface area (Å²) in [6.45, 7) is 32.7. The van der Waals surface area contributed by atoms with E-state index in [1.165, 1.54) is 66.8 Å². The molecule has 1 aliphatic heterocycles. The number of rotatable bonds is 6.